The van der Waals surface area contributed by atoms with Crippen molar-refractivity contribution < 1.29 is 36.4 Å². The number of anilines is 1. The molecule has 4 heterocycles. The van der Waals surface area contributed by atoms with Crippen LogP contribution in [0, 0.1) is 5.92 Å². The SMILES string of the molecule is CS(=O)(=O)NCC1CN(c2cc(-c3c[nH+]c4ccc(C(F)F)nn34)ccn2)CCC1(F)F.[OH-]. The number of nitrogens with one attached hydrogen (secondary N) is 2. The summed E-state index contributed by atoms with van der Waals surface area (Å²) in [5, 5.41) is 3.97. The summed E-state index contributed by atoms with van der Waals surface area (Å²) in [4.78, 5) is 8.89. The fraction of sp³-hybridized carbons (Fsp3) is 0.421. The third kappa shape index (κ3) is 5.39. The topological polar surface area (TPSA) is 124 Å². The lowest BCUT2D eigenvalue weighted by atomic mass is 9.93. The van der Waals surface area contributed by atoms with Crippen molar-refractivity contribution in [3.8, 4) is 11.3 Å². The second kappa shape index (κ2) is 9.19. The molecule has 3 N–H and O–H groups in total. The second-order valence-corrected chi connectivity index (χ2v) is 9.54. The van der Waals surface area contributed by atoms with Gasteiger partial charge in [0, 0.05) is 43.9 Å². The van der Waals surface area contributed by atoms with E-state index < -0.39 is 34.7 Å². The van der Waals surface area contributed by atoms with Crippen LogP contribution in [0.3, 0.4) is 0 Å². The molecule has 0 saturated carbocycles. The van der Waals surface area contributed by atoms with E-state index in [9.17, 15) is 26.0 Å². The van der Waals surface area contributed by atoms with E-state index >= 15 is 0 Å². The third-order valence-electron chi connectivity index (χ3n) is 5.37. The lowest BCUT2D eigenvalue weighted by Gasteiger charge is -2.39. The van der Waals surface area contributed by atoms with Crippen molar-refractivity contribution in [3.63, 3.8) is 0 Å². The van der Waals surface area contributed by atoms with Crippen molar-refractivity contribution in [1.82, 2.24) is 19.3 Å². The normalized spacial score (nSPS) is 18.5. The highest BCUT2D eigenvalue weighted by Crippen LogP contribution is 2.35. The van der Waals surface area contributed by atoms with E-state index in [2.05, 4.69) is 19.8 Å². The number of aromatic amines is 1. The molecule has 9 nitrogen and oxygen atoms in total. The van der Waals surface area contributed by atoms with Crippen LogP contribution in [-0.4, -0.2) is 60.3 Å². The fourth-order valence-electron chi connectivity index (χ4n) is 3.66. The highest BCUT2D eigenvalue weighted by Gasteiger charge is 2.44. The van der Waals surface area contributed by atoms with Crippen LogP contribution in [0.5, 0.6) is 0 Å². The Bertz CT molecular complexity index is 1240. The number of rotatable bonds is 6. The van der Waals surface area contributed by atoms with Crippen LogP contribution in [0.2, 0.25) is 0 Å². The second-order valence-electron chi connectivity index (χ2n) is 7.71. The molecule has 0 bridgehead atoms. The summed E-state index contributed by atoms with van der Waals surface area (Å²) in [5.74, 6) is -3.83. The Morgan fingerprint density at radius 1 is 1.30 bits per heavy atom. The molecule has 0 radical (unpaired) electrons. The summed E-state index contributed by atoms with van der Waals surface area (Å²) in [6.07, 6.45) is 0.853. The standard InChI is InChI=1S/C19H20F4N6O2S.H2O/c1-32(30,31)26-9-13-11-28(7-5-19(13,22)23)17-8-12(4-6-24-17)15-10-25-16-3-2-14(18(20)21)27-29(15)16;/h2-4,6,8,10,13,18,26H,5,7,9,11H2,1H3;1H2. The average Bonchev–Trinajstić information content (AvgIpc) is 3.15. The molecule has 0 aromatic carbocycles. The Kier molecular flexibility index (Phi) is 6.91. The van der Waals surface area contributed by atoms with Crippen LogP contribution in [-0.2, 0) is 10.0 Å². The van der Waals surface area contributed by atoms with E-state index in [0.717, 1.165) is 6.26 Å². The fourth-order valence-corrected chi connectivity index (χ4v) is 4.16. The zero-order chi connectivity index (χ0) is 23.1. The molecule has 0 amide bonds. The molecule has 1 atom stereocenters. The van der Waals surface area contributed by atoms with E-state index in [0.29, 0.717) is 22.7 Å². The monoisotopic (exact) mass is 490 g/mol. The first-order chi connectivity index (χ1) is 15.0. The third-order valence-corrected chi connectivity index (χ3v) is 6.07. The molecule has 4 rings (SSSR count). The van der Waals surface area contributed by atoms with Gasteiger partial charge in [-0.2, -0.15) is 0 Å². The number of alkyl halides is 4. The Morgan fingerprint density at radius 3 is 2.76 bits per heavy atom. The van der Waals surface area contributed by atoms with Crippen LogP contribution >= 0.6 is 0 Å². The summed E-state index contributed by atoms with van der Waals surface area (Å²) in [7, 11) is -3.61. The maximum absolute atomic E-state index is 14.4. The number of imidazole rings is 1. The smallest absolute Gasteiger partial charge is 0.305 e. The van der Waals surface area contributed by atoms with Gasteiger partial charge in [0.25, 0.3) is 12.3 Å². The molecule has 14 heteroatoms. The Balaban J connectivity index is 0.00000306. The molecular weight excluding hydrogens is 468 g/mol. The first kappa shape index (κ1) is 24.8. The van der Waals surface area contributed by atoms with Gasteiger partial charge < -0.3 is 10.4 Å². The minimum Gasteiger partial charge on any atom is -0.870 e. The van der Waals surface area contributed by atoms with Gasteiger partial charge in [-0.05, 0) is 18.2 Å². The van der Waals surface area contributed by atoms with Crippen molar-refractivity contribution in [2.24, 2.45) is 5.92 Å². The molecule has 180 valence electrons. The molecule has 1 unspecified atom stereocenters. The van der Waals surface area contributed by atoms with E-state index in [1.165, 1.54) is 22.8 Å². The van der Waals surface area contributed by atoms with Crippen LogP contribution in [0.25, 0.3) is 16.9 Å². The molecule has 33 heavy (non-hydrogen) atoms. The molecule has 1 fully saturated rings. The van der Waals surface area contributed by atoms with Crippen molar-refractivity contribution in [2.45, 2.75) is 18.8 Å². The molecule has 1 aliphatic rings. The highest BCUT2D eigenvalue weighted by molar-refractivity contribution is 7.88. The number of pyridine rings is 1. The van der Waals surface area contributed by atoms with Gasteiger partial charge in [-0.15, -0.1) is 0 Å². The van der Waals surface area contributed by atoms with E-state index in [1.54, 1.807) is 23.2 Å². The van der Waals surface area contributed by atoms with Crippen LogP contribution in [0.1, 0.15) is 18.5 Å². The summed E-state index contributed by atoms with van der Waals surface area (Å²) >= 11 is 0. The molecule has 1 saturated heterocycles. The van der Waals surface area contributed by atoms with Crippen molar-refractivity contribution in [2.75, 3.05) is 30.8 Å². The molecular formula is C19H22F4N6O3S. The van der Waals surface area contributed by atoms with Crippen LogP contribution < -0.4 is 14.6 Å². The largest absolute Gasteiger partial charge is 0.870 e. The molecule has 3 aromatic heterocycles. The number of hydrogen-bond acceptors (Lipinski definition) is 6. The van der Waals surface area contributed by atoms with E-state index in [1.807, 2.05) is 0 Å². The Hall–Kier alpha value is -2.84. The molecule has 1 aliphatic heterocycles. The predicted octanol–water partition coefficient (Wildman–Crippen LogP) is 1.98. The summed E-state index contributed by atoms with van der Waals surface area (Å²) in [5.41, 5.74) is 1.24. The van der Waals surface area contributed by atoms with Crippen LogP contribution in [0.4, 0.5) is 23.4 Å². The quantitative estimate of drug-likeness (QED) is 0.527. The van der Waals surface area contributed by atoms with Gasteiger partial charge in [0.2, 0.25) is 15.7 Å². The van der Waals surface area contributed by atoms with E-state index in [-0.39, 0.29) is 30.8 Å². The maximum Gasteiger partial charge on any atom is 0.305 e. The van der Waals surface area contributed by atoms with Gasteiger partial charge >= 0.3 is 5.65 Å². The minimum atomic E-state index is -3.61. The highest BCUT2D eigenvalue weighted by atomic mass is 32.2. The molecule has 0 aliphatic carbocycles. The first-order valence-electron chi connectivity index (χ1n) is 9.76. The number of piperidine rings is 1. The van der Waals surface area contributed by atoms with Crippen LogP contribution in [0.15, 0.2) is 36.7 Å². The number of fused-ring (bicyclic) bond motifs is 1. The first-order valence-corrected chi connectivity index (χ1v) is 11.6. The average molecular weight is 490 g/mol. The Morgan fingerprint density at radius 2 is 2.06 bits per heavy atom. The minimum absolute atomic E-state index is 0. The molecule has 0 spiro atoms. The maximum atomic E-state index is 14.4. The zero-order valence-electron chi connectivity index (χ0n) is 17.4. The van der Waals surface area contributed by atoms with Crippen molar-refractivity contribution in [1.29, 1.82) is 0 Å². The summed E-state index contributed by atoms with van der Waals surface area (Å²) < 4.78 is 81.0. The van der Waals surface area contributed by atoms with Gasteiger partial charge in [0.1, 0.15) is 12.0 Å². The lowest BCUT2D eigenvalue weighted by molar-refractivity contribution is -0.343. The number of halogens is 4. The number of H-pyrrole nitrogens is 1. The van der Waals surface area contributed by atoms with Crippen molar-refractivity contribution >= 4 is 21.5 Å². The number of sulfonamides is 1. The lowest BCUT2D eigenvalue weighted by Crippen LogP contribution is -2.51. The number of aromatic nitrogens is 4. The predicted molar refractivity (Wildman–Crippen MR) is 110 cm³/mol. The molecule has 3 aromatic rings. The number of hydrogen-bond donors (Lipinski definition) is 1. The summed E-state index contributed by atoms with van der Waals surface area (Å²) in [6.45, 7) is -0.449. The van der Waals surface area contributed by atoms with Gasteiger partial charge in [0.15, 0.2) is 5.69 Å². The van der Waals surface area contributed by atoms with Gasteiger partial charge in [-0.3, -0.25) is 0 Å². The van der Waals surface area contributed by atoms with Gasteiger partial charge in [0.05, 0.1) is 12.2 Å². The van der Waals surface area contributed by atoms with E-state index in [4.69, 9.17) is 0 Å². The zero-order valence-corrected chi connectivity index (χ0v) is 18.2. The van der Waals surface area contributed by atoms with Crippen molar-refractivity contribution in [3.05, 3.63) is 42.4 Å². The summed E-state index contributed by atoms with van der Waals surface area (Å²) in [6, 6.07) is 6.05. The van der Waals surface area contributed by atoms with Gasteiger partial charge in [-0.1, -0.05) is 9.61 Å². The Labute approximate surface area is 186 Å². The van der Waals surface area contributed by atoms with Gasteiger partial charge in [-0.25, -0.2) is 40.7 Å². The number of nitrogens with zero attached hydrogens (tertiary/aromatic N) is 4.